The molecular formula is C49H42N2Si. The van der Waals surface area contributed by atoms with Crippen LogP contribution in [0.25, 0.3) is 32.7 Å². The van der Waals surface area contributed by atoms with Gasteiger partial charge in [0, 0.05) is 39.2 Å². The normalized spacial score (nSPS) is 15.0. The van der Waals surface area contributed by atoms with E-state index < -0.39 is 8.07 Å². The van der Waals surface area contributed by atoms with Crippen molar-refractivity contribution in [1.29, 1.82) is 0 Å². The van der Waals surface area contributed by atoms with E-state index in [0.29, 0.717) is 0 Å². The molecule has 3 heteroatoms. The van der Waals surface area contributed by atoms with Gasteiger partial charge >= 0.3 is 0 Å². The average Bonchev–Trinajstić information content (AvgIpc) is 3.44. The Morgan fingerprint density at radius 3 is 1.31 bits per heavy atom. The minimum absolute atomic E-state index is 0.0834. The maximum absolute atomic E-state index is 2.54. The monoisotopic (exact) mass is 686 g/mol. The third-order valence-corrected chi connectivity index (χ3v) is 14.9. The number of hydrogen-bond acceptors (Lipinski definition) is 2. The molecular weight excluding hydrogens is 645 g/mol. The molecule has 1 aliphatic carbocycles. The van der Waals surface area contributed by atoms with Crippen LogP contribution in [0.3, 0.4) is 0 Å². The summed E-state index contributed by atoms with van der Waals surface area (Å²) in [5.74, 6) is 0. The molecule has 2 nitrogen and oxygen atoms in total. The highest BCUT2D eigenvalue weighted by atomic mass is 28.3. The highest BCUT2D eigenvalue weighted by Gasteiger charge is 2.49. The summed E-state index contributed by atoms with van der Waals surface area (Å²) in [6, 6.07) is 66.5. The van der Waals surface area contributed by atoms with Crippen LogP contribution in [-0.2, 0) is 5.04 Å². The molecule has 0 N–H and O–H groups in total. The van der Waals surface area contributed by atoms with Gasteiger partial charge in [0.1, 0.15) is 0 Å². The predicted molar refractivity (Wildman–Crippen MR) is 226 cm³/mol. The van der Waals surface area contributed by atoms with Crippen LogP contribution < -0.4 is 9.80 Å². The average molecular weight is 687 g/mol. The highest BCUT2D eigenvalue weighted by molar-refractivity contribution is 6.80. The smallest absolute Gasteiger partial charge is 0.0609 e. The molecule has 0 radical (unpaired) electrons. The van der Waals surface area contributed by atoms with E-state index in [4.69, 9.17) is 0 Å². The van der Waals surface area contributed by atoms with Gasteiger partial charge in [0.15, 0.2) is 0 Å². The molecule has 8 aromatic rings. The van der Waals surface area contributed by atoms with Crippen LogP contribution in [0, 0.1) is 0 Å². The van der Waals surface area contributed by atoms with Gasteiger partial charge < -0.3 is 9.80 Å². The number of fused-ring (bicyclic) bond motifs is 6. The lowest BCUT2D eigenvalue weighted by atomic mass is 9.91. The zero-order valence-electron chi connectivity index (χ0n) is 30.2. The highest BCUT2D eigenvalue weighted by Crippen LogP contribution is 2.57. The molecule has 0 saturated carbocycles. The van der Waals surface area contributed by atoms with E-state index in [1.165, 1.54) is 43.8 Å². The molecule has 1 atom stereocenters. The van der Waals surface area contributed by atoms with Crippen molar-refractivity contribution in [2.45, 2.75) is 31.6 Å². The van der Waals surface area contributed by atoms with Crippen LogP contribution in [0.1, 0.15) is 18.1 Å². The summed E-state index contributed by atoms with van der Waals surface area (Å²) in [5.41, 5.74) is 12.6. The van der Waals surface area contributed by atoms with E-state index in [-0.39, 0.29) is 5.04 Å². The van der Waals surface area contributed by atoms with Crippen LogP contribution in [0.5, 0.6) is 0 Å². The molecule has 1 unspecified atom stereocenters. The first-order chi connectivity index (χ1) is 25.3. The first-order valence-corrected chi connectivity index (χ1v) is 21.8. The lowest BCUT2D eigenvalue weighted by Crippen LogP contribution is -2.46. The molecule has 0 aliphatic heterocycles. The van der Waals surface area contributed by atoms with Crippen molar-refractivity contribution in [1.82, 2.24) is 0 Å². The lowest BCUT2D eigenvalue weighted by molar-refractivity contribution is 0.808. The maximum atomic E-state index is 2.54. The van der Waals surface area contributed by atoms with Crippen molar-refractivity contribution >= 4 is 63.7 Å². The van der Waals surface area contributed by atoms with Gasteiger partial charge in [-0.2, -0.15) is 0 Å². The second kappa shape index (κ2) is 12.4. The van der Waals surface area contributed by atoms with Gasteiger partial charge in [-0.25, -0.2) is 0 Å². The van der Waals surface area contributed by atoms with Crippen LogP contribution >= 0.6 is 0 Å². The SMILES string of the molecule is CC1([Si](C)(C)C)c2cc3cc(N(c4ccccc4)c4ccccc4)ccc3cc2-c2ccc3cc(N(c4ccccc4)c4ccccc4)ccc3c21. The number of hydrogen-bond donors (Lipinski definition) is 0. The zero-order chi connectivity index (χ0) is 35.5. The first-order valence-electron chi connectivity index (χ1n) is 18.3. The molecule has 8 aromatic carbocycles. The quantitative estimate of drug-likeness (QED) is 0.154. The minimum atomic E-state index is -1.86. The fourth-order valence-electron chi connectivity index (χ4n) is 8.40. The summed E-state index contributed by atoms with van der Waals surface area (Å²) < 4.78 is 0. The first kappa shape index (κ1) is 32.0. The van der Waals surface area contributed by atoms with Crippen LogP contribution in [0.2, 0.25) is 19.6 Å². The summed E-state index contributed by atoms with van der Waals surface area (Å²) in [5, 5.41) is 5.09. The summed E-state index contributed by atoms with van der Waals surface area (Å²) in [4.78, 5) is 4.72. The largest absolute Gasteiger partial charge is 0.310 e. The Balaban J connectivity index is 1.21. The third kappa shape index (κ3) is 5.15. The molecule has 9 rings (SSSR count). The maximum Gasteiger partial charge on any atom is 0.0609 e. The summed E-state index contributed by atoms with van der Waals surface area (Å²) in [7, 11) is -1.86. The van der Waals surface area contributed by atoms with Crippen molar-refractivity contribution in [3.63, 3.8) is 0 Å². The molecule has 0 fully saturated rings. The second-order valence-electron chi connectivity index (χ2n) is 15.2. The Hall–Kier alpha value is -5.90. The minimum Gasteiger partial charge on any atom is -0.310 e. The van der Waals surface area contributed by atoms with Gasteiger partial charge in [-0.3, -0.25) is 0 Å². The second-order valence-corrected chi connectivity index (χ2v) is 20.7. The molecule has 1 aliphatic rings. The molecule has 0 bridgehead atoms. The van der Waals surface area contributed by atoms with Crippen molar-refractivity contribution in [3.8, 4) is 11.1 Å². The Morgan fingerprint density at radius 2 is 0.827 bits per heavy atom. The van der Waals surface area contributed by atoms with Crippen LogP contribution in [-0.4, -0.2) is 8.07 Å². The van der Waals surface area contributed by atoms with Gasteiger partial charge in [-0.1, -0.05) is 124 Å². The van der Waals surface area contributed by atoms with E-state index in [1.807, 2.05) is 0 Å². The van der Waals surface area contributed by atoms with E-state index in [9.17, 15) is 0 Å². The molecule has 252 valence electrons. The van der Waals surface area contributed by atoms with Crippen molar-refractivity contribution in [2.75, 3.05) is 9.80 Å². The van der Waals surface area contributed by atoms with E-state index in [0.717, 1.165) is 34.1 Å². The lowest BCUT2D eigenvalue weighted by Gasteiger charge is -2.40. The molecule has 0 aromatic heterocycles. The topological polar surface area (TPSA) is 6.48 Å². The van der Waals surface area contributed by atoms with Crippen LogP contribution in [0.4, 0.5) is 34.1 Å². The van der Waals surface area contributed by atoms with E-state index >= 15 is 0 Å². The van der Waals surface area contributed by atoms with Crippen LogP contribution in [0.15, 0.2) is 182 Å². The number of anilines is 6. The van der Waals surface area contributed by atoms with E-state index in [1.54, 1.807) is 0 Å². The zero-order valence-corrected chi connectivity index (χ0v) is 31.2. The third-order valence-electron chi connectivity index (χ3n) is 11.4. The van der Waals surface area contributed by atoms with Gasteiger partial charge in [0.25, 0.3) is 0 Å². The predicted octanol–water partition coefficient (Wildman–Crippen LogP) is 14.1. The van der Waals surface area contributed by atoms with Gasteiger partial charge in [0.2, 0.25) is 0 Å². The Labute approximate surface area is 308 Å². The Kier molecular flexibility index (Phi) is 7.64. The van der Waals surface area contributed by atoms with Gasteiger partial charge in [-0.05, 0) is 129 Å². The molecule has 0 heterocycles. The van der Waals surface area contributed by atoms with Crippen molar-refractivity contribution in [2.24, 2.45) is 0 Å². The van der Waals surface area contributed by atoms with Gasteiger partial charge in [-0.15, -0.1) is 0 Å². The van der Waals surface area contributed by atoms with Gasteiger partial charge in [0.05, 0.1) is 8.07 Å². The summed E-state index contributed by atoms with van der Waals surface area (Å²) in [6.07, 6.45) is 0. The number of rotatable bonds is 7. The molecule has 0 spiro atoms. The fraction of sp³-hybridized carbons (Fsp3) is 0.102. The summed E-state index contributed by atoms with van der Waals surface area (Å²) >= 11 is 0. The molecule has 0 saturated heterocycles. The number of para-hydroxylation sites is 4. The number of nitrogens with zero attached hydrogens (tertiary/aromatic N) is 2. The van der Waals surface area contributed by atoms with Crippen molar-refractivity contribution in [3.05, 3.63) is 193 Å². The fourth-order valence-corrected chi connectivity index (χ4v) is 10.4. The number of benzene rings is 8. The van der Waals surface area contributed by atoms with E-state index in [2.05, 4.69) is 218 Å². The standard InChI is InChI=1S/C49H42N2Si/c1-49(52(2,3)4)47-34-37-32-42(50(38-17-9-5-10-18-38)39-19-11-6-12-20-39)27-25-35(37)33-46(47)45-29-26-36-31-43(28-30-44(36)48(45)49)51(40-21-13-7-14-22-40)41-23-15-8-16-24-41/h5-34H,1-4H3. The molecule has 0 amide bonds. The Morgan fingerprint density at radius 1 is 0.385 bits per heavy atom. The molecule has 52 heavy (non-hydrogen) atoms. The van der Waals surface area contributed by atoms with Crippen molar-refractivity contribution < 1.29 is 0 Å². The summed E-state index contributed by atoms with van der Waals surface area (Å²) in [6.45, 7) is 10.2. The Bertz CT molecular complexity index is 2480.